The van der Waals surface area contributed by atoms with E-state index in [-0.39, 0.29) is 17.1 Å². The number of anilines is 4. The van der Waals surface area contributed by atoms with E-state index in [2.05, 4.69) is 41.4 Å². The van der Waals surface area contributed by atoms with Crippen LogP contribution in [0.25, 0.3) is 0 Å². The van der Waals surface area contributed by atoms with Gasteiger partial charge in [0.2, 0.25) is 16.0 Å². The third-order valence-electron chi connectivity index (χ3n) is 6.57. The monoisotopic (exact) mass is 568 g/mol. The van der Waals surface area contributed by atoms with E-state index in [1.54, 1.807) is 25.6 Å². The summed E-state index contributed by atoms with van der Waals surface area (Å²) in [5.74, 6) is 1.40. The third-order valence-corrected chi connectivity index (χ3v) is 7.73. The van der Waals surface area contributed by atoms with Crippen LogP contribution in [-0.4, -0.2) is 56.2 Å². The Labute approximate surface area is 237 Å². The molecule has 2 heterocycles. The van der Waals surface area contributed by atoms with Crippen LogP contribution in [0.2, 0.25) is 0 Å². The van der Waals surface area contributed by atoms with Crippen molar-refractivity contribution in [1.82, 2.24) is 15.0 Å². The molecule has 10 nitrogen and oxygen atoms in total. The number of nitrogens with one attached hydrogen (secondary N) is 2. The molecule has 1 unspecified atom stereocenters. The Morgan fingerprint density at radius 3 is 2.45 bits per heavy atom. The van der Waals surface area contributed by atoms with Crippen molar-refractivity contribution in [2.24, 2.45) is 5.92 Å². The number of pyridine rings is 1. The number of ether oxygens (including phenoxy) is 1. The predicted molar refractivity (Wildman–Crippen MR) is 160 cm³/mol. The van der Waals surface area contributed by atoms with Crippen LogP contribution in [0.1, 0.15) is 62.0 Å². The summed E-state index contributed by atoms with van der Waals surface area (Å²) in [6.45, 7) is 9.11. The van der Waals surface area contributed by atoms with Crippen LogP contribution in [-0.2, 0) is 26.7 Å². The van der Waals surface area contributed by atoms with Crippen molar-refractivity contribution in [2.45, 2.75) is 52.5 Å². The molecule has 0 radical (unpaired) electrons. The zero-order valence-corrected chi connectivity index (χ0v) is 25.2. The quantitative estimate of drug-likeness (QED) is 0.212. The topological polar surface area (TPSA) is 126 Å². The van der Waals surface area contributed by atoms with Crippen LogP contribution in [0.15, 0.2) is 48.8 Å². The van der Waals surface area contributed by atoms with Crippen molar-refractivity contribution < 1.29 is 17.9 Å². The van der Waals surface area contributed by atoms with Gasteiger partial charge in [-0.25, -0.2) is 18.4 Å². The van der Waals surface area contributed by atoms with Gasteiger partial charge in [0.25, 0.3) is 0 Å². The third kappa shape index (κ3) is 8.22. The van der Waals surface area contributed by atoms with E-state index < -0.39 is 10.0 Å². The smallest absolute Gasteiger partial charge is 0.233 e. The normalized spacial score (nSPS) is 12.6. The van der Waals surface area contributed by atoms with Gasteiger partial charge < -0.3 is 15.4 Å². The highest BCUT2D eigenvalue weighted by molar-refractivity contribution is 7.92. The van der Waals surface area contributed by atoms with Crippen molar-refractivity contribution in [3.05, 3.63) is 65.5 Å². The zero-order valence-electron chi connectivity index (χ0n) is 24.4. The minimum atomic E-state index is -3.47. The van der Waals surface area contributed by atoms with Crippen LogP contribution in [0.4, 0.5) is 23.3 Å². The molecular formula is C29H40N6O4S. The molecular weight excluding hydrogens is 528 g/mol. The standard InChI is InChI=1S/C29H40N6O4S/c1-20(10-9-17-39-6)25(36)21-12-14-23(15-13-21)33-28-32-19-24(29(2,3)4)26(34-28)31-18-22-11-8-16-30-27(22)35(5)40(7,37)38/h8,11-16,19-20H,9-10,17-18H2,1-7H3,(H2,31,32,33,34). The molecule has 0 amide bonds. The first kappa shape index (κ1) is 31.0. The molecule has 11 heteroatoms. The number of hydrogen-bond acceptors (Lipinski definition) is 9. The van der Waals surface area contributed by atoms with Crippen LogP contribution < -0.4 is 14.9 Å². The first-order valence-electron chi connectivity index (χ1n) is 13.2. The maximum atomic E-state index is 12.8. The number of Topliss-reactive ketones (excluding diaryl/α,β-unsaturated/α-hetero) is 1. The maximum Gasteiger partial charge on any atom is 0.233 e. The van der Waals surface area contributed by atoms with Gasteiger partial charge in [-0.15, -0.1) is 0 Å². The number of hydrogen-bond donors (Lipinski definition) is 2. The first-order valence-corrected chi connectivity index (χ1v) is 15.1. The fraction of sp³-hybridized carbons (Fsp3) is 0.448. The Bertz CT molecular complexity index is 1400. The molecule has 0 bridgehead atoms. The van der Waals surface area contributed by atoms with Crippen LogP contribution in [0.3, 0.4) is 0 Å². The number of nitrogens with zero attached hydrogens (tertiary/aromatic N) is 4. The number of aromatic nitrogens is 3. The average molecular weight is 569 g/mol. The first-order chi connectivity index (χ1) is 18.8. The van der Waals surface area contributed by atoms with Gasteiger partial charge in [0.1, 0.15) is 11.6 Å². The molecule has 3 rings (SSSR count). The SMILES string of the molecule is COCCCC(C)C(=O)c1ccc(Nc2ncc(C(C)(C)C)c(NCc3cccnc3N(C)S(C)(=O)=O)n2)cc1. The molecule has 216 valence electrons. The fourth-order valence-electron chi connectivity index (χ4n) is 4.11. The van der Waals surface area contributed by atoms with Crippen molar-refractivity contribution in [3.8, 4) is 0 Å². The molecule has 0 aliphatic carbocycles. The van der Waals surface area contributed by atoms with Crippen LogP contribution in [0, 0.1) is 5.92 Å². The van der Waals surface area contributed by atoms with Gasteiger partial charge in [0.05, 0.1) is 6.26 Å². The van der Waals surface area contributed by atoms with Crippen molar-refractivity contribution >= 4 is 39.1 Å². The number of benzene rings is 1. The minimum absolute atomic E-state index is 0.0755. The highest BCUT2D eigenvalue weighted by Crippen LogP contribution is 2.30. The van der Waals surface area contributed by atoms with Crippen molar-refractivity contribution in [1.29, 1.82) is 0 Å². The summed E-state index contributed by atoms with van der Waals surface area (Å²) in [5, 5.41) is 6.58. The molecule has 0 saturated heterocycles. The van der Waals surface area contributed by atoms with Gasteiger partial charge >= 0.3 is 0 Å². The Morgan fingerprint density at radius 2 is 1.82 bits per heavy atom. The second-order valence-corrected chi connectivity index (χ2v) is 12.9. The van der Waals surface area contributed by atoms with Crippen molar-refractivity contribution in [3.63, 3.8) is 0 Å². The molecule has 0 saturated carbocycles. The summed E-state index contributed by atoms with van der Waals surface area (Å²) in [4.78, 5) is 26.3. The van der Waals surface area contributed by atoms with Crippen LogP contribution >= 0.6 is 0 Å². The Kier molecular flexibility index (Phi) is 10.2. The predicted octanol–water partition coefficient (Wildman–Crippen LogP) is 5.17. The fourth-order valence-corrected chi connectivity index (χ4v) is 4.59. The van der Waals surface area contributed by atoms with Gasteiger partial charge in [0.15, 0.2) is 5.78 Å². The highest BCUT2D eigenvalue weighted by Gasteiger charge is 2.22. The number of ketones is 1. The van der Waals surface area contributed by atoms with E-state index in [1.165, 1.54) is 7.05 Å². The Balaban J connectivity index is 1.79. The molecule has 0 aliphatic rings. The summed E-state index contributed by atoms with van der Waals surface area (Å²) in [5.41, 5.74) is 2.78. The lowest BCUT2D eigenvalue weighted by Crippen LogP contribution is -2.27. The molecule has 3 aromatic rings. The Morgan fingerprint density at radius 1 is 1.12 bits per heavy atom. The van der Waals surface area contributed by atoms with E-state index >= 15 is 0 Å². The second-order valence-electron chi connectivity index (χ2n) is 10.9. The summed E-state index contributed by atoms with van der Waals surface area (Å²) in [7, 11) is -0.329. The van der Waals surface area contributed by atoms with E-state index in [0.29, 0.717) is 41.9 Å². The average Bonchev–Trinajstić information content (AvgIpc) is 2.90. The highest BCUT2D eigenvalue weighted by atomic mass is 32.2. The summed E-state index contributed by atoms with van der Waals surface area (Å²) in [6, 6.07) is 10.9. The molecule has 40 heavy (non-hydrogen) atoms. The summed E-state index contributed by atoms with van der Waals surface area (Å²) < 4.78 is 30.5. The van der Waals surface area contributed by atoms with Gasteiger partial charge in [-0.2, -0.15) is 4.98 Å². The molecule has 0 fully saturated rings. The van der Waals surface area contributed by atoms with Crippen molar-refractivity contribution in [2.75, 3.05) is 42.0 Å². The maximum absolute atomic E-state index is 12.8. The Hall–Kier alpha value is -3.57. The van der Waals surface area contributed by atoms with E-state index in [1.807, 2.05) is 37.3 Å². The molecule has 0 aliphatic heterocycles. The lowest BCUT2D eigenvalue weighted by atomic mass is 9.88. The van der Waals surface area contributed by atoms with E-state index in [9.17, 15) is 13.2 Å². The lowest BCUT2D eigenvalue weighted by molar-refractivity contribution is 0.0914. The number of carbonyl (C=O) groups excluding carboxylic acids is 1. The largest absolute Gasteiger partial charge is 0.385 e. The zero-order chi connectivity index (χ0) is 29.5. The number of sulfonamides is 1. The molecule has 0 spiro atoms. The lowest BCUT2D eigenvalue weighted by Gasteiger charge is -2.24. The number of methoxy groups -OCH3 is 1. The molecule has 2 N–H and O–H groups in total. The number of rotatable bonds is 13. The second kappa shape index (κ2) is 13.2. The van der Waals surface area contributed by atoms with E-state index in [4.69, 9.17) is 9.72 Å². The van der Waals surface area contributed by atoms with Gasteiger partial charge in [-0.3, -0.25) is 9.10 Å². The summed E-state index contributed by atoms with van der Waals surface area (Å²) >= 11 is 0. The van der Waals surface area contributed by atoms with Crippen LogP contribution in [0.5, 0.6) is 0 Å². The molecule has 1 aromatic carbocycles. The molecule has 1 atom stereocenters. The van der Waals surface area contributed by atoms with Gasteiger partial charge in [-0.1, -0.05) is 33.8 Å². The van der Waals surface area contributed by atoms with Gasteiger partial charge in [-0.05, 0) is 48.6 Å². The molecule has 2 aromatic heterocycles. The summed E-state index contributed by atoms with van der Waals surface area (Å²) in [6.07, 6.45) is 6.11. The van der Waals surface area contributed by atoms with Gasteiger partial charge in [0, 0.05) is 68.0 Å². The number of carbonyl (C=O) groups is 1. The minimum Gasteiger partial charge on any atom is -0.385 e. The van der Waals surface area contributed by atoms with E-state index in [0.717, 1.165) is 34.7 Å².